The summed E-state index contributed by atoms with van der Waals surface area (Å²) in [7, 11) is 0. The number of amides is 1. The predicted octanol–water partition coefficient (Wildman–Crippen LogP) is 7.14. The number of hydrogen-bond donors (Lipinski definition) is 0. The maximum Gasteiger partial charge on any atom is 0.225 e. The Labute approximate surface area is 217 Å². The summed E-state index contributed by atoms with van der Waals surface area (Å²) < 4.78 is 8.84. The van der Waals surface area contributed by atoms with Crippen molar-refractivity contribution in [3.63, 3.8) is 0 Å². The van der Waals surface area contributed by atoms with Crippen molar-refractivity contribution in [2.45, 2.75) is 25.8 Å². The number of carbonyl (C=O) groups excluding carboxylic acids is 1. The van der Waals surface area contributed by atoms with Crippen LogP contribution in [0.2, 0.25) is 0 Å². The average Bonchev–Trinajstić information content (AvgIpc) is 3.30. The van der Waals surface area contributed by atoms with Gasteiger partial charge >= 0.3 is 0 Å². The van der Waals surface area contributed by atoms with Crippen molar-refractivity contribution in [1.82, 2.24) is 14.5 Å². The standard InChI is InChI=1S/C30H26BrN3O2/c31-25-2-1-3-26-28(25)32-29(34(26)18-19-12-14-33(17-19)30(35)22-8-9-22)21-6-4-20(5-7-21)23-10-11-27-24(16-23)13-15-36-27/h1-7,10-11,13,15-16,19,22H,8-9,12,14,17-18H2/t19-/m0/s1. The summed E-state index contributed by atoms with van der Waals surface area (Å²) in [5.74, 6) is 2.06. The van der Waals surface area contributed by atoms with E-state index in [1.54, 1.807) is 6.26 Å². The Bertz CT molecular complexity index is 1600. The summed E-state index contributed by atoms with van der Waals surface area (Å²) in [6.45, 7) is 2.58. The van der Waals surface area contributed by atoms with Gasteiger partial charge in [0.1, 0.15) is 16.9 Å². The SMILES string of the molecule is O=C(C1CC1)N1CC[C@H](Cn2c(-c3ccc(-c4ccc5occc5c4)cc3)nc3c(Br)cccc32)C1. The number of benzene rings is 3. The van der Waals surface area contributed by atoms with Gasteiger partial charge in [-0.1, -0.05) is 36.4 Å². The van der Waals surface area contributed by atoms with Crippen LogP contribution in [0.5, 0.6) is 0 Å². The molecule has 0 N–H and O–H groups in total. The number of para-hydroxylation sites is 1. The molecule has 0 spiro atoms. The van der Waals surface area contributed by atoms with E-state index in [0.29, 0.717) is 11.8 Å². The Morgan fingerprint density at radius 3 is 2.61 bits per heavy atom. The molecule has 1 saturated carbocycles. The van der Waals surface area contributed by atoms with Crippen molar-refractivity contribution in [2.24, 2.45) is 11.8 Å². The van der Waals surface area contributed by atoms with E-state index in [0.717, 1.165) is 87.9 Å². The normalized spacial score (nSPS) is 17.9. The molecule has 3 heterocycles. The van der Waals surface area contributed by atoms with E-state index in [-0.39, 0.29) is 5.92 Å². The number of imidazole rings is 1. The fourth-order valence-corrected chi connectivity index (χ4v) is 5.95. The van der Waals surface area contributed by atoms with Crippen molar-refractivity contribution < 1.29 is 9.21 Å². The van der Waals surface area contributed by atoms with Gasteiger partial charge in [0.2, 0.25) is 5.91 Å². The van der Waals surface area contributed by atoms with E-state index in [9.17, 15) is 4.79 Å². The second-order valence-corrected chi connectivity index (χ2v) is 11.0. The van der Waals surface area contributed by atoms with Crippen LogP contribution in [0.25, 0.3) is 44.5 Å². The van der Waals surface area contributed by atoms with E-state index in [2.05, 4.69) is 73.9 Å². The third-order valence-electron chi connectivity index (χ3n) is 7.62. The van der Waals surface area contributed by atoms with Gasteiger partial charge in [0.25, 0.3) is 0 Å². The minimum absolute atomic E-state index is 0.289. The predicted molar refractivity (Wildman–Crippen MR) is 145 cm³/mol. The lowest BCUT2D eigenvalue weighted by atomic mass is 10.0. The molecule has 0 unspecified atom stereocenters. The lowest BCUT2D eigenvalue weighted by Gasteiger charge is -2.18. The number of aromatic nitrogens is 2. The van der Waals surface area contributed by atoms with Crippen molar-refractivity contribution in [3.05, 3.63) is 77.5 Å². The lowest BCUT2D eigenvalue weighted by Crippen LogP contribution is -2.30. The zero-order chi connectivity index (χ0) is 24.2. The maximum atomic E-state index is 12.6. The highest BCUT2D eigenvalue weighted by Gasteiger charge is 2.36. The van der Waals surface area contributed by atoms with Crippen LogP contribution in [-0.2, 0) is 11.3 Å². The molecule has 180 valence electrons. The number of furan rings is 1. The molecule has 2 aromatic heterocycles. The van der Waals surface area contributed by atoms with E-state index in [1.165, 1.54) is 0 Å². The number of hydrogen-bond acceptors (Lipinski definition) is 3. The quantitative estimate of drug-likeness (QED) is 0.238. The van der Waals surface area contributed by atoms with Gasteiger partial charge in [0.05, 0.1) is 11.8 Å². The molecule has 7 rings (SSSR count). The highest BCUT2D eigenvalue weighted by Crippen LogP contribution is 2.35. The summed E-state index contributed by atoms with van der Waals surface area (Å²) >= 11 is 3.70. The van der Waals surface area contributed by atoms with Crippen LogP contribution in [0.4, 0.5) is 0 Å². The molecule has 1 aliphatic carbocycles. The highest BCUT2D eigenvalue weighted by molar-refractivity contribution is 9.10. The van der Waals surface area contributed by atoms with Crippen LogP contribution in [0.3, 0.4) is 0 Å². The van der Waals surface area contributed by atoms with E-state index in [4.69, 9.17) is 9.40 Å². The third kappa shape index (κ3) is 3.84. The third-order valence-corrected chi connectivity index (χ3v) is 8.26. The highest BCUT2D eigenvalue weighted by atomic mass is 79.9. The van der Waals surface area contributed by atoms with Crippen molar-refractivity contribution in [2.75, 3.05) is 13.1 Å². The zero-order valence-electron chi connectivity index (χ0n) is 19.9. The van der Waals surface area contributed by atoms with Gasteiger partial charge in [-0.25, -0.2) is 4.98 Å². The van der Waals surface area contributed by atoms with Crippen LogP contribution in [-0.4, -0.2) is 33.4 Å². The van der Waals surface area contributed by atoms with Crippen molar-refractivity contribution in [3.8, 4) is 22.5 Å². The summed E-state index contributed by atoms with van der Waals surface area (Å²) in [6, 6.07) is 23.2. The maximum absolute atomic E-state index is 12.6. The number of rotatable bonds is 5. The summed E-state index contributed by atoms with van der Waals surface area (Å²) in [6.07, 6.45) is 4.90. The largest absolute Gasteiger partial charge is 0.464 e. The first-order chi connectivity index (χ1) is 17.6. The Morgan fingerprint density at radius 1 is 0.972 bits per heavy atom. The van der Waals surface area contributed by atoms with Crippen LogP contribution in [0.1, 0.15) is 19.3 Å². The molecule has 0 bridgehead atoms. The number of nitrogens with zero attached hydrogens (tertiary/aromatic N) is 3. The van der Waals surface area contributed by atoms with Crippen LogP contribution in [0, 0.1) is 11.8 Å². The topological polar surface area (TPSA) is 51.3 Å². The summed E-state index contributed by atoms with van der Waals surface area (Å²) in [5, 5.41) is 1.11. The van der Waals surface area contributed by atoms with Gasteiger partial charge in [0, 0.05) is 41.0 Å². The van der Waals surface area contributed by atoms with E-state index < -0.39 is 0 Å². The van der Waals surface area contributed by atoms with Crippen molar-refractivity contribution >= 4 is 43.8 Å². The minimum Gasteiger partial charge on any atom is -0.464 e. The summed E-state index contributed by atoms with van der Waals surface area (Å²) in [4.78, 5) is 19.8. The van der Waals surface area contributed by atoms with Crippen LogP contribution in [0.15, 0.2) is 81.9 Å². The minimum atomic E-state index is 0.289. The molecular formula is C30H26BrN3O2. The zero-order valence-corrected chi connectivity index (χ0v) is 21.4. The first-order valence-corrected chi connectivity index (χ1v) is 13.4. The number of likely N-dealkylation sites (tertiary alicyclic amines) is 1. The first-order valence-electron chi connectivity index (χ1n) is 12.7. The van der Waals surface area contributed by atoms with Crippen LogP contribution < -0.4 is 0 Å². The monoisotopic (exact) mass is 539 g/mol. The van der Waals surface area contributed by atoms with E-state index in [1.807, 2.05) is 18.2 Å². The number of carbonyl (C=O) groups is 1. The molecule has 3 aromatic carbocycles. The summed E-state index contributed by atoms with van der Waals surface area (Å²) in [5.41, 5.74) is 6.43. The molecule has 36 heavy (non-hydrogen) atoms. The van der Waals surface area contributed by atoms with Gasteiger partial charge in [0.15, 0.2) is 0 Å². The molecule has 5 nitrogen and oxygen atoms in total. The Balaban J connectivity index is 1.22. The molecule has 1 atom stereocenters. The van der Waals surface area contributed by atoms with E-state index >= 15 is 0 Å². The van der Waals surface area contributed by atoms with Crippen molar-refractivity contribution in [1.29, 1.82) is 0 Å². The lowest BCUT2D eigenvalue weighted by molar-refractivity contribution is -0.131. The van der Waals surface area contributed by atoms with Gasteiger partial charge in [-0.3, -0.25) is 4.79 Å². The molecule has 1 amide bonds. The molecule has 5 aromatic rings. The smallest absolute Gasteiger partial charge is 0.225 e. The van der Waals surface area contributed by atoms with Gasteiger partial charge in [-0.05, 0) is 82.6 Å². The van der Waals surface area contributed by atoms with Crippen LogP contribution >= 0.6 is 15.9 Å². The van der Waals surface area contributed by atoms with Gasteiger partial charge in [-0.15, -0.1) is 0 Å². The molecule has 0 radical (unpaired) electrons. The second kappa shape index (κ2) is 8.63. The molecule has 2 fully saturated rings. The second-order valence-electron chi connectivity index (χ2n) is 10.1. The van der Waals surface area contributed by atoms with Gasteiger partial charge < -0.3 is 13.9 Å². The number of fused-ring (bicyclic) bond motifs is 2. The Morgan fingerprint density at radius 2 is 1.78 bits per heavy atom. The molecular weight excluding hydrogens is 514 g/mol. The molecule has 6 heteroatoms. The average molecular weight is 540 g/mol. The first kappa shape index (κ1) is 21.9. The van der Waals surface area contributed by atoms with Gasteiger partial charge in [-0.2, -0.15) is 0 Å². The molecule has 2 aliphatic rings. The Hall–Kier alpha value is -3.38. The number of halogens is 1. The fourth-order valence-electron chi connectivity index (χ4n) is 5.50. The molecule has 1 aliphatic heterocycles. The fraction of sp³-hybridized carbons (Fsp3) is 0.267. The Kier molecular flexibility index (Phi) is 5.24. The molecule has 1 saturated heterocycles.